The number of nitrogens with zero attached hydrogens (tertiary/aromatic N) is 1. The predicted molar refractivity (Wildman–Crippen MR) is 105 cm³/mol. The molecule has 0 radical (unpaired) electrons. The Morgan fingerprint density at radius 3 is 2.40 bits per heavy atom. The molecule has 0 amide bonds. The minimum atomic E-state index is -0.164. The van der Waals surface area contributed by atoms with Crippen LogP contribution in [0.25, 0.3) is 0 Å². The molecule has 2 heteroatoms. The largest absolute Gasteiger partial charge is 0.294 e. The van der Waals surface area contributed by atoms with Crippen LogP contribution >= 0.6 is 0 Å². The smallest absolute Gasteiger partial charge is 0.168 e. The summed E-state index contributed by atoms with van der Waals surface area (Å²) in [4.78, 5) is 17.7. The summed E-state index contributed by atoms with van der Waals surface area (Å²) in [6.45, 7) is 10.9. The third kappa shape index (κ3) is 3.89. The van der Waals surface area contributed by atoms with Gasteiger partial charge in [-0.2, -0.15) is 0 Å². The van der Waals surface area contributed by atoms with Crippen molar-refractivity contribution in [3.63, 3.8) is 0 Å². The number of hydrogen-bond donors (Lipinski definition) is 0. The van der Waals surface area contributed by atoms with Gasteiger partial charge in [0.05, 0.1) is 17.7 Å². The maximum atomic E-state index is 12.7. The topological polar surface area (TPSA) is 29.4 Å². The average Bonchev–Trinajstić information content (AvgIpc) is 2.53. The van der Waals surface area contributed by atoms with E-state index in [4.69, 9.17) is 4.99 Å². The summed E-state index contributed by atoms with van der Waals surface area (Å²) in [5.74, 6) is 0.129. The number of carbonyl (C=O) groups is 1. The van der Waals surface area contributed by atoms with Gasteiger partial charge in [0.2, 0.25) is 0 Å². The van der Waals surface area contributed by atoms with Crippen LogP contribution in [0.2, 0.25) is 0 Å². The fourth-order valence-corrected chi connectivity index (χ4v) is 3.41. The predicted octanol–water partition coefficient (Wildman–Crippen LogP) is 5.38. The van der Waals surface area contributed by atoms with E-state index in [1.54, 1.807) is 0 Å². The number of fused-ring (bicyclic) bond motifs is 1. The number of carbonyl (C=O) groups excluding carboxylic acids is 1. The molecule has 0 saturated carbocycles. The fraction of sp³-hybridized carbons (Fsp3) is 0.391. The summed E-state index contributed by atoms with van der Waals surface area (Å²) in [5, 5.41) is 0. The summed E-state index contributed by atoms with van der Waals surface area (Å²) in [6.07, 6.45) is 1.27. The number of aliphatic imine (C=N–C) groups is 1. The first-order valence-corrected chi connectivity index (χ1v) is 8.96. The van der Waals surface area contributed by atoms with Gasteiger partial charge in [0, 0.05) is 5.56 Å². The number of ketones is 1. The van der Waals surface area contributed by atoms with Gasteiger partial charge in [0.1, 0.15) is 0 Å². The van der Waals surface area contributed by atoms with Crippen LogP contribution in [0.1, 0.15) is 68.1 Å². The van der Waals surface area contributed by atoms with E-state index < -0.39 is 0 Å². The van der Waals surface area contributed by atoms with Crippen molar-refractivity contribution in [1.82, 2.24) is 0 Å². The lowest BCUT2D eigenvalue weighted by molar-refractivity contribution is 0.100. The summed E-state index contributed by atoms with van der Waals surface area (Å²) >= 11 is 0. The normalized spacial score (nSPS) is 16.1. The Bertz CT molecular complexity index is 823. The molecule has 0 aliphatic carbocycles. The monoisotopic (exact) mass is 333 g/mol. The van der Waals surface area contributed by atoms with Gasteiger partial charge in [-0.3, -0.25) is 9.79 Å². The SMILES string of the molecule is CC1(C)Cc2ccc(C(C)(C)C)cc2C(CC(=O)c2ccccc2)=N1. The van der Waals surface area contributed by atoms with Crippen LogP contribution in [-0.4, -0.2) is 17.0 Å². The zero-order valence-corrected chi connectivity index (χ0v) is 15.9. The molecule has 0 atom stereocenters. The van der Waals surface area contributed by atoms with Crippen molar-refractivity contribution in [2.45, 2.75) is 58.4 Å². The Morgan fingerprint density at radius 1 is 1.08 bits per heavy atom. The summed E-state index contributed by atoms with van der Waals surface area (Å²) in [6, 6.07) is 16.2. The molecule has 2 aromatic carbocycles. The van der Waals surface area contributed by atoms with E-state index in [0.29, 0.717) is 6.42 Å². The highest BCUT2D eigenvalue weighted by atomic mass is 16.1. The van der Waals surface area contributed by atoms with Crippen molar-refractivity contribution in [3.05, 3.63) is 70.8 Å². The minimum absolute atomic E-state index is 0.0799. The van der Waals surface area contributed by atoms with E-state index in [-0.39, 0.29) is 16.7 Å². The molecule has 2 nitrogen and oxygen atoms in total. The van der Waals surface area contributed by atoms with E-state index in [1.165, 1.54) is 11.1 Å². The molecular formula is C23H27NO. The van der Waals surface area contributed by atoms with Crippen LogP contribution in [0.4, 0.5) is 0 Å². The third-order valence-corrected chi connectivity index (χ3v) is 4.77. The summed E-state index contributed by atoms with van der Waals surface area (Å²) in [7, 11) is 0. The van der Waals surface area contributed by atoms with E-state index in [2.05, 4.69) is 52.8 Å². The first-order valence-electron chi connectivity index (χ1n) is 8.96. The zero-order chi connectivity index (χ0) is 18.2. The number of hydrogen-bond acceptors (Lipinski definition) is 2. The Morgan fingerprint density at radius 2 is 1.76 bits per heavy atom. The summed E-state index contributed by atoms with van der Waals surface area (Å²) < 4.78 is 0. The molecule has 0 unspecified atom stereocenters. The zero-order valence-electron chi connectivity index (χ0n) is 15.9. The molecule has 0 spiro atoms. The minimum Gasteiger partial charge on any atom is -0.294 e. The molecule has 1 aliphatic rings. The molecule has 0 saturated heterocycles. The van der Waals surface area contributed by atoms with Crippen molar-refractivity contribution >= 4 is 11.5 Å². The lowest BCUT2D eigenvalue weighted by atomic mass is 9.80. The third-order valence-electron chi connectivity index (χ3n) is 4.77. The van der Waals surface area contributed by atoms with E-state index in [9.17, 15) is 4.79 Å². The van der Waals surface area contributed by atoms with Gasteiger partial charge >= 0.3 is 0 Å². The highest BCUT2D eigenvalue weighted by Crippen LogP contribution is 2.32. The second-order valence-electron chi connectivity index (χ2n) is 8.64. The summed E-state index contributed by atoms with van der Waals surface area (Å²) in [5.41, 5.74) is 5.32. The van der Waals surface area contributed by atoms with E-state index >= 15 is 0 Å². The maximum Gasteiger partial charge on any atom is 0.168 e. The second-order valence-corrected chi connectivity index (χ2v) is 8.64. The van der Waals surface area contributed by atoms with Gasteiger partial charge in [0.15, 0.2) is 5.78 Å². The molecule has 0 N–H and O–H groups in total. The van der Waals surface area contributed by atoms with Crippen LogP contribution in [-0.2, 0) is 11.8 Å². The van der Waals surface area contributed by atoms with Gasteiger partial charge < -0.3 is 0 Å². The highest BCUT2D eigenvalue weighted by Gasteiger charge is 2.29. The molecule has 25 heavy (non-hydrogen) atoms. The number of rotatable bonds is 3. The van der Waals surface area contributed by atoms with E-state index in [0.717, 1.165) is 23.3 Å². The van der Waals surface area contributed by atoms with Crippen LogP contribution < -0.4 is 0 Å². The fourth-order valence-electron chi connectivity index (χ4n) is 3.41. The standard InChI is InChI=1S/C23H27NO/c1-22(2,3)18-12-11-17-15-23(4,5)24-20(19(17)13-18)14-21(25)16-9-7-6-8-10-16/h6-13H,14-15H2,1-5H3. The lowest BCUT2D eigenvalue weighted by Crippen LogP contribution is -2.30. The molecule has 0 bridgehead atoms. The van der Waals surface area contributed by atoms with Gasteiger partial charge in [-0.15, -0.1) is 0 Å². The van der Waals surface area contributed by atoms with Crippen molar-refractivity contribution in [1.29, 1.82) is 0 Å². The lowest BCUT2D eigenvalue weighted by Gasteiger charge is -2.30. The van der Waals surface area contributed by atoms with Crippen LogP contribution in [0.3, 0.4) is 0 Å². The van der Waals surface area contributed by atoms with E-state index in [1.807, 2.05) is 30.3 Å². The molecule has 2 aromatic rings. The second kappa shape index (κ2) is 6.25. The number of Topliss-reactive ketones (excluding diaryl/α,β-unsaturated/α-hetero) is 1. The van der Waals surface area contributed by atoms with Crippen molar-refractivity contribution in [2.75, 3.05) is 0 Å². The maximum absolute atomic E-state index is 12.7. The van der Waals surface area contributed by atoms with Gasteiger partial charge in [-0.05, 0) is 48.4 Å². The quantitative estimate of drug-likeness (QED) is 0.693. The first-order chi connectivity index (χ1) is 11.7. The molecule has 130 valence electrons. The first kappa shape index (κ1) is 17.6. The van der Waals surface area contributed by atoms with Crippen molar-refractivity contribution in [3.8, 4) is 0 Å². The van der Waals surface area contributed by atoms with Crippen molar-refractivity contribution in [2.24, 2.45) is 4.99 Å². The Balaban J connectivity index is 2.00. The van der Waals surface area contributed by atoms with Crippen LogP contribution in [0, 0.1) is 0 Å². The number of benzene rings is 2. The Hall–Kier alpha value is -2.22. The Kier molecular flexibility index (Phi) is 4.40. The molecule has 0 fully saturated rings. The molecule has 1 heterocycles. The molecular weight excluding hydrogens is 306 g/mol. The van der Waals surface area contributed by atoms with Gasteiger partial charge in [-0.1, -0.05) is 63.2 Å². The van der Waals surface area contributed by atoms with Crippen LogP contribution in [0.15, 0.2) is 53.5 Å². The Labute approximate surface area is 151 Å². The molecule has 3 rings (SSSR count). The molecule has 0 aromatic heterocycles. The highest BCUT2D eigenvalue weighted by molar-refractivity contribution is 6.16. The average molecular weight is 333 g/mol. The van der Waals surface area contributed by atoms with Gasteiger partial charge in [0.25, 0.3) is 0 Å². The van der Waals surface area contributed by atoms with Crippen molar-refractivity contribution < 1.29 is 4.79 Å². The molecule has 1 aliphatic heterocycles. The van der Waals surface area contributed by atoms with Crippen LogP contribution in [0.5, 0.6) is 0 Å². The van der Waals surface area contributed by atoms with Gasteiger partial charge in [-0.25, -0.2) is 0 Å².